The van der Waals surface area contributed by atoms with E-state index in [2.05, 4.69) is 32.3 Å². The van der Waals surface area contributed by atoms with E-state index in [1.807, 2.05) is 6.07 Å². The minimum Gasteiger partial charge on any atom is -0.479 e. The molecule has 3 N–H and O–H groups in total. The fraction of sp³-hybridized carbons (Fsp3) is 0.0769. The SMILES string of the molecule is COc1nc(Nc2cc(Br)ccc2C#N)ccc1N. The van der Waals surface area contributed by atoms with Crippen LogP contribution in [-0.4, -0.2) is 12.1 Å². The van der Waals surface area contributed by atoms with Crippen molar-refractivity contribution >= 4 is 33.1 Å². The molecule has 0 bridgehead atoms. The van der Waals surface area contributed by atoms with E-state index in [4.69, 9.17) is 15.7 Å². The predicted molar refractivity (Wildman–Crippen MR) is 77.3 cm³/mol. The third-order valence-corrected chi connectivity index (χ3v) is 2.94. The van der Waals surface area contributed by atoms with Gasteiger partial charge < -0.3 is 15.8 Å². The van der Waals surface area contributed by atoms with Crippen LogP contribution in [0, 0.1) is 11.3 Å². The van der Waals surface area contributed by atoms with Gasteiger partial charge in [-0.05, 0) is 30.3 Å². The monoisotopic (exact) mass is 318 g/mol. The fourth-order valence-corrected chi connectivity index (χ4v) is 1.90. The van der Waals surface area contributed by atoms with Gasteiger partial charge in [-0.2, -0.15) is 10.2 Å². The van der Waals surface area contributed by atoms with Crippen molar-refractivity contribution in [1.82, 2.24) is 4.98 Å². The van der Waals surface area contributed by atoms with Crippen LogP contribution in [0.2, 0.25) is 0 Å². The summed E-state index contributed by atoms with van der Waals surface area (Å²) in [6.07, 6.45) is 0. The number of benzene rings is 1. The third kappa shape index (κ3) is 2.95. The van der Waals surface area contributed by atoms with Crippen LogP contribution in [0.3, 0.4) is 0 Å². The highest BCUT2D eigenvalue weighted by molar-refractivity contribution is 9.10. The van der Waals surface area contributed by atoms with Crippen LogP contribution >= 0.6 is 15.9 Å². The summed E-state index contributed by atoms with van der Waals surface area (Å²) >= 11 is 3.36. The van der Waals surface area contributed by atoms with Crippen LogP contribution in [-0.2, 0) is 0 Å². The number of halogens is 1. The molecular weight excluding hydrogens is 308 g/mol. The number of hydrogen-bond acceptors (Lipinski definition) is 5. The van der Waals surface area contributed by atoms with Gasteiger partial charge in [-0.1, -0.05) is 15.9 Å². The number of anilines is 3. The molecule has 0 aliphatic rings. The molecule has 0 aliphatic heterocycles. The number of nitrogens with zero attached hydrogens (tertiary/aromatic N) is 2. The molecule has 0 spiro atoms. The molecule has 0 unspecified atom stereocenters. The summed E-state index contributed by atoms with van der Waals surface area (Å²) in [5, 5.41) is 12.1. The number of nitrogens with one attached hydrogen (secondary N) is 1. The van der Waals surface area contributed by atoms with Crippen LogP contribution in [0.5, 0.6) is 5.88 Å². The van der Waals surface area contributed by atoms with E-state index in [1.165, 1.54) is 7.11 Å². The Balaban J connectivity index is 2.36. The zero-order valence-electron chi connectivity index (χ0n) is 10.1. The van der Waals surface area contributed by atoms with Gasteiger partial charge in [0, 0.05) is 4.47 Å². The lowest BCUT2D eigenvalue weighted by Gasteiger charge is -2.10. The molecule has 1 aromatic carbocycles. The van der Waals surface area contributed by atoms with Crippen molar-refractivity contribution in [3.63, 3.8) is 0 Å². The number of nitriles is 1. The maximum Gasteiger partial charge on any atom is 0.238 e. The summed E-state index contributed by atoms with van der Waals surface area (Å²) in [5.41, 5.74) is 7.35. The molecule has 96 valence electrons. The average Bonchev–Trinajstić information content (AvgIpc) is 2.41. The number of ether oxygens (including phenoxy) is 1. The summed E-state index contributed by atoms with van der Waals surface area (Å²) < 4.78 is 5.92. The molecule has 1 heterocycles. The van der Waals surface area contributed by atoms with Gasteiger partial charge in [0.05, 0.1) is 24.0 Å². The van der Waals surface area contributed by atoms with E-state index < -0.39 is 0 Å². The van der Waals surface area contributed by atoms with Crippen molar-refractivity contribution in [3.8, 4) is 11.9 Å². The summed E-state index contributed by atoms with van der Waals surface area (Å²) in [6, 6.07) is 10.9. The van der Waals surface area contributed by atoms with E-state index in [-0.39, 0.29) is 0 Å². The predicted octanol–water partition coefficient (Wildman–Crippen LogP) is 3.05. The fourth-order valence-electron chi connectivity index (χ4n) is 1.54. The van der Waals surface area contributed by atoms with Crippen LogP contribution in [0.15, 0.2) is 34.8 Å². The Kier molecular flexibility index (Phi) is 3.88. The van der Waals surface area contributed by atoms with E-state index in [0.717, 1.165) is 4.47 Å². The first-order valence-corrected chi connectivity index (χ1v) is 6.20. The summed E-state index contributed by atoms with van der Waals surface area (Å²) in [6.45, 7) is 0. The lowest BCUT2D eigenvalue weighted by atomic mass is 10.2. The highest BCUT2D eigenvalue weighted by atomic mass is 79.9. The smallest absolute Gasteiger partial charge is 0.238 e. The third-order valence-electron chi connectivity index (χ3n) is 2.45. The first-order valence-electron chi connectivity index (χ1n) is 5.41. The first-order chi connectivity index (χ1) is 9.13. The lowest BCUT2D eigenvalue weighted by molar-refractivity contribution is 0.401. The average molecular weight is 319 g/mol. The molecule has 2 rings (SSSR count). The second kappa shape index (κ2) is 5.59. The molecule has 0 atom stereocenters. The van der Waals surface area contributed by atoms with Crippen molar-refractivity contribution in [2.75, 3.05) is 18.2 Å². The number of hydrogen-bond donors (Lipinski definition) is 2. The molecule has 0 radical (unpaired) electrons. The number of nitrogens with two attached hydrogens (primary N) is 1. The molecule has 1 aromatic heterocycles. The summed E-state index contributed by atoms with van der Waals surface area (Å²) in [5.74, 6) is 0.902. The van der Waals surface area contributed by atoms with E-state index in [1.54, 1.807) is 24.3 Å². The summed E-state index contributed by atoms with van der Waals surface area (Å²) in [4.78, 5) is 4.21. The standard InChI is InChI=1S/C13H11BrN4O/c1-19-13-10(16)4-5-12(18-13)17-11-6-9(14)3-2-8(11)7-15/h2-6H,16H2,1H3,(H,17,18). The van der Waals surface area contributed by atoms with Gasteiger partial charge in [0.25, 0.3) is 0 Å². The Hall–Kier alpha value is -2.26. The lowest BCUT2D eigenvalue weighted by Crippen LogP contribution is -2.00. The van der Waals surface area contributed by atoms with E-state index in [9.17, 15) is 0 Å². The van der Waals surface area contributed by atoms with Gasteiger partial charge in [0.2, 0.25) is 5.88 Å². The van der Waals surface area contributed by atoms with E-state index in [0.29, 0.717) is 28.6 Å². The van der Waals surface area contributed by atoms with Crippen molar-refractivity contribution in [2.24, 2.45) is 0 Å². The molecule has 0 aliphatic carbocycles. The van der Waals surface area contributed by atoms with Gasteiger partial charge in [-0.3, -0.25) is 0 Å². The van der Waals surface area contributed by atoms with Gasteiger partial charge >= 0.3 is 0 Å². The van der Waals surface area contributed by atoms with Crippen LogP contribution in [0.25, 0.3) is 0 Å². The van der Waals surface area contributed by atoms with Gasteiger partial charge in [-0.25, -0.2) is 0 Å². The molecule has 0 saturated heterocycles. The van der Waals surface area contributed by atoms with Gasteiger partial charge in [0.1, 0.15) is 11.9 Å². The normalized spacial score (nSPS) is 9.74. The highest BCUT2D eigenvalue weighted by Crippen LogP contribution is 2.26. The molecule has 6 heteroatoms. The quantitative estimate of drug-likeness (QED) is 0.908. The van der Waals surface area contributed by atoms with Gasteiger partial charge in [0.15, 0.2) is 0 Å². The van der Waals surface area contributed by atoms with Gasteiger partial charge in [-0.15, -0.1) is 0 Å². The molecule has 5 nitrogen and oxygen atoms in total. The maximum absolute atomic E-state index is 9.06. The number of pyridine rings is 1. The summed E-state index contributed by atoms with van der Waals surface area (Å²) in [7, 11) is 1.50. The van der Waals surface area contributed by atoms with Crippen molar-refractivity contribution in [3.05, 3.63) is 40.4 Å². The van der Waals surface area contributed by atoms with Crippen LogP contribution in [0.1, 0.15) is 5.56 Å². The number of aromatic nitrogens is 1. The number of rotatable bonds is 3. The topological polar surface area (TPSA) is 84.0 Å². The Bertz CT molecular complexity index is 652. The number of methoxy groups -OCH3 is 1. The molecule has 0 saturated carbocycles. The largest absolute Gasteiger partial charge is 0.479 e. The molecule has 2 aromatic rings. The van der Waals surface area contributed by atoms with Crippen molar-refractivity contribution in [2.45, 2.75) is 0 Å². The minimum atomic E-state index is 0.346. The molecule has 0 amide bonds. The van der Waals surface area contributed by atoms with Crippen LogP contribution in [0.4, 0.5) is 17.2 Å². The number of nitrogen functional groups attached to an aromatic ring is 1. The zero-order chi connectivity index (χ0) is 13.8. The molecule has 0 fully saturated rings. The van der Waals surface area contributed by atoms with Crippen molar-refractivity contribution < 1.29 is 4.74 Å². The Morgan fingerprint density at radius 3 is 2.84 bits per heavy atom. The molecular formula is C13H11BrN4O. The Labute approximate surface area is 119 Å². The minimum absolute atomic E-state index is 0.346. The zero-order valence-corrected chi connectivity index (χ0v) is 11.7. The molecule has 19 heavy (non-hydrogen) atoms. The maximum atomic E-state index is 9.06. The second-order valence-electron chi connectivity index (χ2n) is 3.72. The van der Waals surface area contributed by atoms with E-state index >= 15 is 0 Å². The Morgan fingerprint density at radius 2 is 2.16 bits per heavy atom. The van der Waals surface area contributed by atoms with Crippen molar-refractivity contribution in [1.29, 1.82) is 5.26 Å². The van der Waals surface area contributed by atoms with Crippen LogP contribution < -0.4 is 15.8 Å². The first kappa shape index (κ1) is 13.2. The second-order valence-corrected chi connectivity index (χ2v) is 4.64. The Morgan fingerprint density at radius 1 is 1.37 bits per heavy atom. The highest BCUT2D eigenvalue weighted by Gasteiger charge is 2.06.